The first-order valence-corrected chi connectivity index (χ1v) is 10.5. The Hall–Kier alpha value is -1.70. The lowest BCUT2D eigenvalue weighted by atomic mass is 10.0. The van der Waals surface area contributed by atoms with Crippen LogP contribution >= 0.6 is 0 Å². The molecule has 0 saturated carbocycles. The van der Waals surface area contributed by atoms with Gasteiger partial charge in [-0.15, -0.1) is 0 Å². The van der Waals surface area contributed by atoms with Crippen molar-refractivity contribution in [3.63, 3.8) is 0 Å². The highest BCUT2D eigenvalue weighted by molar-refractivity contribution is 5.79. The number of piperidine rings is 1. The van der Waals surface area contributed by atoms with Gasteiger partial charge in [-0.25, -0.2) is 4.39 Å². The highest BCUT2D eigenvalue weighted by Gasteiger charge is 2.23. The van der Waals surface area contributed by atoms with E-state index >= 15 is 0 Å². The quantitative estimate of drug-likeness (QED) is 0.549. The SMILES string of the molecule is CN=C(NCCN1CCCCC1)NCC(c1cccc(F)c1)N1CCOCC1. The zero-order valence-corrected chi connectivity index (χ0v) is 17.0. The number of rotatable bonds is 7. The van der Waals surface area contributed by atoms with E-state index in [2.05, 4.69) is 25.4 Å². The first-order chi connectivity index (χ1) is 13.8. The van der Waals surface area contributed by atoms with Gasteiger partial charge in [0.05, 0.1) is 19.3 Å². The van der Waals surface area contributed by atoms with Gasteiger partial charge in [-0.1, -0.05) is 18.6 Å². The molecule has 2 aliphatic heterocycles. The minimum atomic E-state index is -0.195. The summed E-state index contributed by atoms with van der Waals surface area (Å²) >= 11 is 0. The Labute approximate surface area is 168 Å². The summed E-state index contributed by atoms with van der Waals surface area (Å²) < 4.78 is 19.3. The fraction of sp³-hybridized carbons (Fsp3) is 0.667. The molecule has 2 saturated heterocycles. The summed E-state index contributed by atoms with van der Waals surface area (Å²) in [6, 6.07) is 6.99. The van der Waals surface area contributed by atoms with Crippen LogP contribution in [0.25, 0.3) is 0 Å². The molecule has 2 N–H and O–H groups in total. The molecule has 28 heavy (non-hydrogen) atoms. The van der Waals surface area contributed by atoms with Crippen molar-refractivity contribution < 1.29 is 9.13 Å². The van der Waals surface area contributed by atoms with Crippen molar-refractivity contribution in [1.82, 2.24) is 20.4 Å². The summed E-state index contributed by atoms with van der Waals surface area (Å²) in [5, 5.41) is 6.86. The topological polar surface area (TPSA) is 52.1 Å². The Balaban J connectivity index is 1.53. The fourth-order valence-corrected chi connectivity index (χ4v) is 3.99. The largest absolute Gasteiger partial charge is 0.379 e. The van der Waals surface area contributed by atoms with Gasteiger partial charge >= 0.3 is 0 Å². The van der Waals surface area contributed by atoms with Crippen LogP contribution in [0.5, 0.6) is 0 Å². The second kappa shape index (κ2) is 11.3. The predicted molar refractivity (Wildman–Crippen MR) is 111 cm³/mol. The normalized spacial score (nSPS) is 20.7. The second-order valence-corrected chi connectivity index (χ2v) is 7.50. The lowest BCUT2D eigenvalue weighted by molar-refractivity contribution is 0.0169. The molecule has 0 aliphatic carbocycles. The molecule has 1 atom stereocenters. The van der Waals surface area contributed by atoms with E-state index in [0.717, 1.165) is 37.7 Å². The number of halogens is 1. The average Bonchev–Trinajstić information content (AvgIpc) is 2.74. The van der Waals surface area contributed by atoms with Gasteiger partial charge in [-0.2, -0.15) is 0 Å². The van der Waals surface area contributed by atoms with Crippen LogP contribution in [0.1, 0.15) is 30.9 Å². The molecule has 2 aliphatic rings. The number of hydrogen-bond donors (Lipinski definition) is 2. The second-order valence-electron chi connectivity index (χ2n) is 7.50. The van der Waals surface area contributed by atoms with Crippen molar-refractivity contribution >= 4 is 5.96 Å². The summed E-state index contributed by atoms with van der Waals surface area (Å²) in [4.78, 5) is 9.22. The molecule has 1 aromatic carbocycles. The van der Waals surface area contributed by atoms with Crippen molar-refractivity contribution in [3.8, 4) is 0 Å². The molecule has 0 aromatic heterocycles. The highest BCUT2D eigenvalue weighted by Crippen LogP contribution is 2.22. The molecule has 0 radical (unpaired) electrons. The minimum Gasteiger partial charge on any atom is -0.379 e. The third-order valence-electron chi connectivity index (χ3n) is 5.58. The maximum absolute atomic E-state index is 13.8. The molecule has 156 valence electrons. The van der Waals surface area contributed by atoms with E-state index in [0.29, 0.717) is 19.8 Å². The van der Waals surface area contributed by atoms with Crippen molar-refractivity contribution in [1.29, 1.82) is 0 Å². The van der Waals surface area contributed by atoms with Crippen molar-refractivity contribution in [2.75, 3.05) is 66.1 Å². The van der Waals surface area contributed by atoms with E-state index in [4.69, 9.17) is 4.74 Å². The van der Waals surface area contributed by atoms with E-state index in [-0.39, 0.29) is 11.9 Å². The molecule has 2 heterocycles. The van der Waals surface area contributed by atoms with E-state index < -0.39 is 0 Å². The lowest BCUT2D eigenvalue weighted by Crippen LogP contribution is -2.47. The number of nitrogens with one attached hydrogen (secondary N) is 2. The van der Waals surface area contributed by atoms with E-state index in [1.165, 1.54) is 38.4 Å². The van der Waals surface area contributed by atoms with Crippen LogP contribution in [0, 0.1) is 5.82 Å². The molecule has 2 fully saturated rings. The lowest BCUT2D eigenvalue weighted by Gasteiger charge is -2.35. The van der Waals surface area contributed by atoms with Gasteiger partial charge in [0.15, 0.2) is 5.96 Å². The van der Waals surface area contributed by atoms with Crippen molar-refractivity contribution in [3.05, 3.63) is 35.6 Å². The number of guanidine groups is 1. The van der Waals surface area contributed by atoms with Gasteiger partial charge in [0.1, 0.15) is 5.82 Å². The maximum atomic E-state index is 13.8. The molecule has 1 aromatic rings. The Morgan fingerprint density at radius 1 is 1.14 bits per heavy atom. The maximum Gasteiger partial charge on any atom is 0.191 e. The minimum absolute atomic E-state index is 0.0836. The Kier molecular flexibility index (Phi) is 8.51. The number of ether oxygens (including phenoxy) is 1. The Morgan fingerprint density at radius 2 is 1.93 bits per heavy atom. The summed E-state index contributed by atoms with van der Waals surface area (Å²) in [6.07, 6.45) is 3.97. The summed E-state index contributed by atoms with van der Waals surface area (Å²) in [5.41, 5.74) is 0.984. The smallest absolute Gasteiger partial charge is 0.191 e. The van der Waals surface area contributed by atoms with E-state index in [1.54, 1.807) is 19.2 Å². The Morgan fingerprint density at radius 3 is 2.64 bits per heavy atom. The zero-order valence-electron chi connectivity index (χ0n) is 17.0. The summed E-state index contributed by atoms with van der Waals surface area (Å²) in [6.45, 7) is 8.13. The number of nitrogens with zero attached hydrogens (tertiary/aromatic N) is 3. The van der Waals surface area contributed by atoms with Gasteiger partial charge < -0.3 is 20.3 Å². The number of benzene rings is 1. The van der Waals surface area contributed by atoms with E-state index in [1.807, 2.05) is 6.07 Å². The van der Waals surface area contributed by atoms with Crippen LogP contribution in [-0.2, 0) is 4.74 Å². The van der Waals surface area contributed by atoms with Crippen LogP contribution in [0.4, 0.5) is 4.39 Å². The van der Waals surface area contributed by atoms with Gasteiger partial charge in [0.25, 0.3) is 0 Å². The predicted octanol–water partition coefficient (Wildman–Crippen LogP) is 1.85. The first kappa shape index (κ1) is 21.0. The van der Waals surface area contributed by atoms with Gasteiger partial charge in [-0.05, 0) is 43.6 Å². The zero-order chi connectivity index (χ0) is 19.6. The number of morpholine rings is 1. The molecule has 3 rings (SSSR count). The van der Waals surface area contributed by atoms with Gasteiger partial charge in [-0.3, -0.25) is 9.89 Å². The van der Waals surface area contributed by atoms with Gasteiger partial charge in [0.2, 0.25) is 0 Å². The van der Waals surface area contributed by atoms with Crippen LogP contribution < -0.4 is 10.6 Å². The molecule has 7 heteroatoms. The Bertz CT molecular complexity index is 615. The van der Waals surface area contributed by atoms with Crippen molar-refractivity contribution in [2.45, 2.75) is 25.3 Å². The number of likely N-dealkylation sites (tertiary alicyclic amines) is 1. The number of aliphatic imine (C=N–C) groups is 1. The molecular weight excluding hydrogens is 357 g/mol. The molecule has 6 nitrogen and oxygen atoms in total. The molecular formula is C21H34FN5O. The fourth-order valence-electron chi connectivity index (χ4n) is 3.99. The monoisotopic (exact) mass is 391 g/mol. The van der Waals surface area contributed by atoms with Gasteiger partial charge in [0, 0.05) is 39.8 Å². The van der Waals surface area contributed by atoms with Crippen LogP contribution in [0.2, 0.25) is 0 Å². The standard InChI is InChI=1S/C21H34FN5O/c1-23-21(24-8-11-26-9-3-2-4-10-26)25-17-20(27-12-14-28-15-13-27)18-6-5-7-19(22)16-18/h5-7,16,20H,2-4,8-15,17H2,1H3,(H2,23,24,25). The molecule has 0 amide bonds. The molecule has 0 bridgehead atoms. The third-order valence-corrected chi connectivity index (χ3v) is 5.58. The highest BCUT2D eigenvalue weighted by atomic mass is 19.1. The summed E-state index contributed by atoms with van der Waals surface area (Å²) in [7, 11) is 1.79. The third kappa shape index (κ3) is 6.43. The summed E-state index contributed by atoms with van der Waals surface area (Å²) in [5.74, 6) is 0.603. The van der Waals surface area contributed by atoms with Crippen LogP contribution in [0.3, 0.4) is 0 Å². The number of hydrogen-bond acceptors (Lipinski definition) is 4. The van der Waals surface area contributed by atoms with Crippen molar-refractivity contribution in [2.24, 2.45) is 4.99 Å². The van der Waals surface area contributed by atoms with E-state index in [9.17, 15) is 4.39 Å². The van der Waals surface area contributed by atoms with Crippen LogP contribution in [0.15, 0.2) is 29.3 Å². The first-order valence-electron chi connectivity index (χ1n) is 10.5. The molecule has 0 spiro atoms. The van der Waals surface area contributed by atoms with Crippen LogP contribution in [-0.4, -0.2) is 81.8 Å². The average molecular weight is 392 g/mol. The molecule has 1 unspecified atom stereocenters.